The number of allylic oxidation sites excluding steroid dienone is 1. The van der Waals surface area contributed by atoms with Crippen LogP contribution in [0.1, 0.15) is 103 Å². The molecule has 3 amide bonds. The monoisotopic (exact) mass is 722 g/mol. The standard InChI is InChI=1S/C39H51FN4O8/c1-7-27-32-31(25-18-24(49-6)16-17-28(25)41-27)26(40)20-38(51-32)21-30-33(45)43-39(35(47)50-8-2)19-23(39)14-12-10-9-11-13-15-29(34(46)44(30)22-38)42-36(48)52-37(3,4)5/h12,14,16-18,23,26,29-30H,7-11,13,15,19-22H2,1-6H3,(H,42,48)(H,43,45)/b14-12-/t23-,26+,29+,30+,38-,39-/m1/s1. The van der Waals surface area contributed by atoms with Crippen LogP contribution in [0.15, 0.2) is 30.4 Å². The SMILES string of the molecule is CCOC(=O)[C@@]12C[C@H]1/C=C\CCCCC[C@H](NC(=O)OC(C)(C)C)C(=O)N1C[C@@]3(C[C@H](F)c4c(c(CC)nc5ccc(OC)cc45)O3)C[C@H]1C(=O)N2. The molecule has 4 heterocycles. The van der Waals surface area contributed by atoms with Gasteiger partial charge in [0.2, 0.25) is 11.8 Å². The number of rotatable bonds is 5. The lowest BCUT2D eigenvalue weighted by atomic mass is 9.85. The van der Waals surface area contributed by atoms with E-state index in [2.05, 4.69) is 10.6 Å². The minimum atomic E-state index is -1.51. The maximum Gasteiger partial charge on any atom is 0.408 e. The van der Waals surface area contributed by atoms with E-state index in [0.29, 0.717) is 59.3 Å². The van der Waals surface area contributed by atoms with E-state index in [1.807, 2.05) is 19.1 Å². The fourth-order valence-electron chi connectivity index (χ4n) is 7.88. The van der Waals surface area contributed by atoms with Crippen LogP contribution in [0.2, 0.25) is 0 Å². The van der Waals surface area contributed by atoms with E-state index in [0.717, 1.165) is 19.3 Å². The summed E-state index contributed by atoms with van der Waals surface area (Å²) in [7, 11) is 1.54. The Balaban J connectivity index is 1.40. The number of amides is 3. The quantitative estimate of drug-likeness (QED) is 0.289. The van der Waals surface area contributed by atoms with E-state index in [9.17, 15) is 19.2 Å². The van der Waals surface area contributed by atoms with Crippen molar-refractivity contribution in [2.24, 2.45) is 5.92 Å². The first kappa shape index (κ1) is 37.3. The number of aromatic nitrogens is 1. The normalized spacial score (nSPS) is 29.7. The molecule has 1 aromatic carbocycles. The van der Waals surface area contributed by atoms with Crippen molar-refractivity contribution < 1.29 is 42.5 Å². The Kier molecular flexibility index (Phi) is 10.4. The van der Waals surface area contributed by atoms with E-state index in [4.69, 9.17) is 23.9 Å². The topological polar surface area (TPSA) is 145 Å². The zero-order valence-electron chi connectivity index (χ0n) is 31.0. The summed E-state index contributed by atoms with van der Waals surface area (Å²) in [6.45, 7) is 8.84. The molecule has 1 saturated carbocycles. The highest BCUT2D eigenvalue weighted by atomic mass is 19.1. The van der Waals surface area contributed by atoms with Crippen LogP contribution in [0.4, 0.5) is 9.18 Å². The van der Waals surface area contributed by atoms with Crippen molar-refractivity contribution in [2.45, 2.75) is 127 Å². The molecule has 1 aliphatic carbocycles. The number of carbonyl (C=O) groups excluding carboxylic acids is 4. The first-order valence-corrected chi connectivity index (χ1v) is 18.5. The van der Waals surface area contributed by atoms with Crippen LogP contribution in [0, 0.1) is 5.92 Å². The van der Waals surface area contributed by atoms with Gasteiger partial charge in [-0.05, 0) is 78.0 Å². The second-order valence-corrected chi connectivity index (χ2v) is 15.4. The highest BCUT2D eigenvalue weighted by Gasteiger charge is 2.63. The van der Waals surface area contributed by atoms with Gasteiger partial charge in [0.05, 0.1) is 31.5 Å². The highest BCUT2D eigenvalue weighted by molar-refractivity contribution is 5.97. The molecule has 2 N–H and O–H groups in total. The summed E-state index contributed by atoms with van der Waals surface area (Å²) in [6.07, 6.45) is 5.68. The minimum Gasteiger partial charge on any atom is -0.497 e. The predicted molar refractivity (Wildman–Crippen MR) is 191 cm³/mol. The van der Waals surface area contributed by atoms with Crippen LogP contribution >= 0.6 is 0 Å². The molecule has 3 aliphatic heterocycles. The molecule has 0 unspecified atom stereocenters. The maximum atomic E-state index is 16.8. The highest BCUT2D eigenvalue weighted by Crippen LogP contribution is 2.51. The number of halogens is 1. The Labute approximate surface area is 304 Å². The van der Waals surface area contributed by atoms with Gasteiger partial charge in [-0.2, -0.15) is 0 Å². The lowest BCUT2D eigenvalue weighted by molar-refractivity contribution is -0.150. The summed E-state index contributed by atoms with van der Waals surface area (Å²) in [5.74, 6) is -1.02. The number of carbonyl (C=O) groups is 4. The molecule has 2 fully saturated rings. The number of nitrogens with one attached hydrogen (secondary N) is 2. The van der Waals surface area contributed by atoms with Crippen LogP contribution < -0.4 is 20.1 Å². The number of hydrogen-bond acceptors (Lipinski definition) is 9. The van der Waals surface area contributed by atoms with Gasteiger partial charge >= 0.3 is 12.1 Å². The maximum absolute atomic E-state index is 16.8. The van der Waals surface area contributed by atoms with E-state index in [1.165, 1.54) is 4.90 Å². The van der Waals surface area contributed by atoms with Crippen LogP contribution in [0.3, 0.4) is 0 Å². The molecule has 13 heteroatoms. The zero-order chi connectivity index (χ0) is 37.4. The molecule has 0 bridgehead atoms. The summed E-state index contributed by atoms with van der Waals surface area (Å²) in [6, 6.07) is 3.15. The minimum absolute atomic E-state index is 0.0394. The zero-order valence-corrected chi connectivity index (χ0v) is 31.0. The molecule has 52 heavy (non-hydrogen) atoms. The van der Waals surface area contributed by atoms with Gasteiger partial charge in [0.1, 0.15) is 46.5 Å². The predicted octanol–water partition coefficient (Wildman–Crippen LogP) is 5.79. The second-order valence-electron chi connectivity index (χ2n) is 15.4. The van der Waals surface area contributed by atoms with Crippen molar-refractivity contribution in [3.63, 3.8) is 0 Å². The molecular weight excluding hydrogens is 671 g/mol. The van der Waals surface area contributed by atoms with Gasteiger partial charge < -0.3 is 34.5 Å². The van der Waals surface area contributed by atoms with Gasteiger partial charge in [0.15, 0.2) is 0 Å². The fraction of sp³-hybridized carbons (Fsp3) is 0.615. The lowest BCUT2D eigenvalue weighted by Crippen LogP contribution is -2.57. The first-order valence-electron chi connectivity index (χ1n) is 18.5. The van der Waals surface area contributed by atoms with E-state index >= 15 is 4.39 Å². The van der Waals surface area contributed by atoms with E-state index in [1.54, 1.807) is 53.0 Å². The number of ether oxygens (including phenoxy) is 4. The molecule has 6 atom stereocenters. The summed E-state index contributed by atoms with van der Waals surface area (Å²) >= 11 is 0. The number of benzene rings is 1. The van der Waals surface area contributed by atoms with Crippen molar-refractivity contribution in [1.29, 1.82) is 0 Å². The van der Waals surface area contributed by atoms with E-state index < -0.39 is 58.9 Å². The van der Waals surface area contributed by atoms with Gasteiger partial charge in [0.25, 0.3) is 0 Å². The Morgan fingerprint density at radius 3 is 2.63 bits per heavy atom. The summed E-state index contributed by atoms with van der Waals surface area (Å²) in [4.78, 5) is 61.7. The smallest absolute Gasteiger partial charge is 0.408 e. The van der Waals surface area contributed by atoms with Gasteiger partial charge in [-0.3, -0.25) is 9.59 Å². The summed E-state index contributed by atoms with van der Waals surface area (Å²) in [5.41, 5.74) is -1.84. The van der Waals surface area contributed by atoms with Gasteiger partial charge in [-0.1, -0.05) is 31.9 Å². The summed E-state index contributed by atoms with van der Waals surface area (Å²) < 4.78 is 39.9. The number of alkyl carbamates (subject to hydrolysis) is 1. The number of hydrogen-bond donors (Lipinski definition) is 2. The lowest BCUT2D eigenvalue weighted by Gasteiger charge is -2.38. The molecule has 0 radical (unpaired) electrons. The van der Waals surface area contributed by atoms with Crippen molar-refractivity contribution in [1.82, 2.24) is 20.5 Å². The number of alkyl halides is 1. The van der Waals surface area contributed by atoms with Crippen LogP contribution in [0.5, 0.6) is 11.5 Å². The third kappa shape index (κ3) is 7.41. The van der Waals surface area contributed by atoms with Crippen molar-refractivity contribution in [3.05, 3.63) is 41.6 Å². The fourth-order valence-corrected chi connectivity index (χ4v) is 7.88. The van der Waals surface area contributed by atoms with Crippen molar-refractivity contribution in [2.75, 3.05) is 20.3 Å². The number of fused-ring (bicyclic) bond motifs is 5. The van der Waals surface area contributed by atoms with Gasteiger partial charge in [0, 0.05) is 29.7 Å². The average molecular weight is 723 g/mol. The Morgan fingerprint density at radius 2 is 1.92 bits per heavy atom. The molecule has 282 valence electrons. The molecule has 12 nitrogen and oxygen atoms in total. The number of nitrogens with zero attached hydrogens (tertiary/aromatic N) is 2. The molecule has 1 aromatic heterocycles. The van der Waals surface area contributed by atoms with Gasteiger partial charge in [-0.25, -0.2) is 19.0 Å². The van der Waals surface area contributed by atoms with Crippen LogP contribution in [0.25, 0.3) is 10.9 Å². The van der Waals surface area contributed by atoms with Gasteiger partial charge in [-0.15, -0.1) is 0 Å². The molecule has 6 rings (SSSR count). The Hall–Kier alpha value is -4.42. The number of methoxy groups -OCH3 is 1. The Morgan fingerprint density at radius 1 is 1.13 bits per heavy atom. The largest absolute Gasteiger partial charge is 0.497 e. The summed E-state index contributed by atoms with van der Waals surface area (Å²) in [5, 5.41) is 6.30. The molecule has 4 aliphatic rings. The molecule has 1 saturated heterocycles. The molecular formula is C39H51FN4O8. The van der Waals surface area contributed by atoms with Crippen molar-refractivity contribution >= 4 is 34.8 Å². The van der Waals surface area contributed by atoms with E-state index in [-0.39, 0.29) is 31.9 Å². The third-order valence-corrected chi connectivity index (χ3v) is 10.5. The first-order chi connectivity index (χ1) is 24.7. The Bertz CT molecular complexity index is 1760. The number of pyridine rings is 1. The van der Waals surface area contributed by atoms with Crippen LogP contribution in [-0.4, -0.2) is 82.8 Å². The number of esters is 1. The van der Waals surface area contributed by atoms with Crippen molar-refractivity contribution in [3.8, 4) is 11.5 Å². The number of aryl methyl sites for hydroxylation is 1. The second kappa shape index (κ2) is 14.5. The molecule has 1 spiro atoms. The third-order valence-electron chi connectivity index (χ3n) is 10.5. The van der Waals surface area contributed by atoms with Crippen LogP contribution in [-0.2, 0) is 30.3 Å². The average Bonchev–Trinajstić information content (AvgIpc) is 3.67. The molecule has 2 aromatic rings.